The molecule has 0 aromatic heterocycles. The number of nitrogens with zero attached hydrogens (tertiary/aromatic N) is 1. The lowest BCUT2D eigenvalue weighted by molar-refractivity contribution is -0.136. The van der Waals surface area contributed by atoms with Crippen LogP contribution in [-0.4, -0.2) is 30.6 Å². The maximum absolute atomic E-state index is 12.3. The molecule has 0 radical (unpaired) electrons. The van der Waals surface area contributed by atoms with E-state index in [1.54, 1.807) is 67.6 Å². The Kier molecular flexibility index (Phi) is 7.54. The number of methoxy groups -OCH3 is 1. The minimum absolute atomic E-state index is 0.240. The van der Waals surface area contributed by atoms with Gasteiger partial charge >= 0.3 is 17.8 Å². The first-order valence-corrected chi connectivity index (χ1v) is 10.1. The Bertz CT molecular complexity index is 1190. The Labute approximate surface area is 191 Å². The number of carbonyl (C=O) groups excluding carboxylic acids is 3. The van der Waals surface area contributed by atoms with Gasteiger partial charge in [0, 0.05) is 11.3 Å². The van der Waals surface area contributed by atoms with Crippen LogP contribution in [0.4, 0.5) is 5.69 Å². The fourth-order valence-electron chi connectivity index (χ4n) is 2.78. The number of carbonyl (C=O) groups is 3. The van der Waals surface area contributed by atoms with Gasteiger partial charge in [0.15, 0.2) is 11.5 Å². The van der Waals surface area contributed by atoms with Crippen molar-refractivity contribution in [1.82, 2.24) is 5.43 Å². The van der Waals surface area contributed by atoms with Gasteiger partial charge in [-0.15, -0.1) is 0 Å². The lowest BCUT2D eigenvalue weighted by Crippen LogP contribution is -2.32. The molecule has 0 heterocycles. The first-order chi connectivity index (χ1) is 15.9. The van der Waals surface area contributed by atoms with Crippen LogP contribution < -0.4 is 20.2 Å². The van der Waals surface area contributed by atoms with Crippen molar-refractivity contribution in [2.45, 2.75) is 13.8 Å². The van der Waals surface area contributed by atoms with Crippen LogP contribution in [-0.2, 0) is 9.59 Å². The molecule has 0 aliphatic carbocycles. The number of rotatable bonds is 6. The second-order valence-corrected chi connectivity index (χ2v) is 7.08. The largest absolute Gasteiger partial charge is 0.493 e. The molecule has 3 aromatic carbocycles. The molecule has 0 aliphatic heterocycles. The summed E-state index contributed by atoms with van der Waals surface area (Å²) >= 11 is 0. The monoisotopic (exact) mass is 445 g/mol. The summed E-state index contributed by atoms with van der Waals surface area (Å²) in [5.74, 6) is -1.70. The van der Waals surface area contributed by atoms with Gasteiger partial charge in [-0.05, 0) is 56.3 Å². The van der Waals surface area contributed by atoms with Gasteiger partial charge in [0.05, 0.1) is 18.4 Å². The summed E-state index contributed by atoms with van der Waals surface area (Å²) in [7, 11) is 1.45. The molecule has 0 unspecified atom stereocenters. The van der Waals surface area contributed by atoms with Gasteiger partial charge in [-0.25, -0.2) is 10.2 Å². The van der Waals surface area contributed by atoms with E-state index in [2.05, 4.69) is 15.8 Å². The van der Waals surface area contributed by atoms with E-state index in [1.165, 1.54) is 7.11 Å². The maximum atomic E-state index is 12.3. The maximum Gasteiger partial charge on any atom is 0.343 e. The van der Waals surface area contributed by atoms with Crippen molar-refractivity contribution in [3.8, 4) is 11.5 Å². The summed E-state index contributed by atoms with van der Waals surface area (Å²) in [4.78, 5) is 36.4. The zero-order valence-corrected chi connectivity index (χ0v) is 18.4. The van der Waals surface area contributed by atoms with E-state index in [0.29, 0.717) is 28.3 Å². The van der Waals surface area contributed by atoms with Crippen molar-refractivity contribution in [2.75, 3.05) is 12.4 Å². The molecule has 0 bridgehead atoms. The van der Waals surface area contributed by atoms with Crippen LogP contribution in [0.1, 0.15) is 28.4 Å². The molecule has 8 heteroatoms. The second kappa shape index (κ2) is 10.7. The van der Waals surface area contributed by atoms with Gasteiger partial charge in [-0.3, -0.25) is 9.59 Å². The van der Waals surface area contributed by atoms with Crippen molar-refractivity contribution in [3.63, 3.8) is 0 Å². The number of aryl methyl sites for hydroxylation is 1. The molecule has 0 fully saturated rings. The third-order valence-corrected chi connectivity index (χ3v) is 4.63. The van der Waals surface area contributed by atoms with Crippen LogP contribution in [0.3, 0.4) is 0 Å². The minimum atomic E-state index is -0.907. The van der Waals surface area contributed by atoms with Crippen LogP contribution in [0.5, 0.6) is 11.5 Å². The predicted octanol–water partition coefficient (Wildman–Crippen LogP) is 3.70. The van der Waals surface area contributed by atoms with Gasteiger partial charge in [-0.2, -0.15) is 5.10 Å². The number of amides is 2. The van der Waals surface area contributed by atoms with Crippen molar-refractivity contribution in [1.29, 1.82) is 0 Å². The lowest BCUT2D eigenvalue weighted by atomic mass is 10.1. The number of hydrogen-bond donors (Lipinski definition) is 2. The standard InChI is InChI=1S/C25H23N3O5/c1-16-9-12-20(13-10-16)26-23(29)24(30)28-27-17(2)19-11-14-21(22(15-19)32-3)33-25(31)18-7-5-4-6-8-18/h4-15H,1-3H3,(H,26,29)(H,28,30)/b27-17+. The quantitative estimate of drug-likeness (QED) is 0.198. The summed E-state index contributed by atoms with van der Waals surface area (Å²) in [6.07, 6.45) is 0. The fourth-order valence-corrected chi connectivity index (χ4v) is 2.78. The number of benzene rings is 3. The van der Waals surface area contributed by atoms with Crippen LogP contribution in [0, 0.1) is 6.92 Å². The molecule has 0 aliphatic rings. The Balaban J connectivity index is 1.65. The van der Waals surface area contributed by atoms with Crippen LogP contribution in [0.15, 0.2) is 77.9 Å². The molecule has 2 N–H and O–H groups in total. The Hall–Kier alpha value is -4.46. The van der Waals surface area contributed by atoms with E-state index in [4.69, 9.17) is 9.47 Å². The van der Waals surface area contributed by atoms with E-state index in [0.717, 1.165) is 5.56 Å². The number of esters is 1. The summed E-state index contributed by atoms with van der Waals surface area (Å²) in [5.41, 5.74) is 5.21. The highest BCUT2D eigenvalue weighted by Crippen LogP contribution is 2.29. The SMILES string of the molecule is COc1cc(/C(C)=N/NC(=O)C(=O)Nc2ccc(C)cc2)ccc1OC(=O)c1ccccc1. The molecule has 0 saturated carbocycles. The molecule has 168 valence electrons. The smallest absolute Gasteiger partial charge is 0.343 e. The van der Waals surface area contributed by atoms with Crippen molar-refractivity contribution in [3.05, 3.63) is 89.5 Å². The topological polar surface area (TPSA) is 106 Å². The first-order valence-electron chi connectivity index (χ1n) is 10.1. The summed E-state index contributed by atoms with van der Waals surface area (Å²) in [6.45, 7) is 3.58. The molecule has 33 heavy (non-hydrogen) atoms. The van der Waals surface area contributed by atoms with Crippen molar-refractivity contribution < 1.29 is 23.9 Å². The Morgan fingerprint density at radius 3 is 2.18 bits per heavy atom. The highest BCUT2D eigenvalue weighted by atomic mass is 16.6. The van der Waals surface area contributed by atoms with Crippen LogP contribution in [0.25, 0.3) is 0 Å². The number of hydrazone groups is 1. The zero-order chi connectivity index (χ0) is 23.8. The fraction of sp³-hybridized carbons (Fsp3) is 0.120. The minimum Gasteiger partial charge on any atom is -0.493 e. The van der Waals surface area contributed by atoms with E-state index < -0.39 is 17.8 Å². The van der Waals surface area contributed by atoms with E-state index >= 15 is 0 Å². The van der Waals surface area contributed by atoms with Gasteiger partial charge in [0.25, 0.3) is 0 Å². The average molecular weight is 445 g/mol. The predicted molar refractivity (Wildman–Crippen MR) is 125 cm³/mol. The van der Waals surface area contributed by atoms with Crippen molar-refractivity contribution >= 4 is 29.2 Å². The molecule has 0 atom stereocenters. The molecule has 3 aromatic rings. The third kappa shape index (κ3) is 6.27. The highest BCUT2D eigenvalue weighted by Gasteiger charge is 2.15. The molecular weight excluding hydrogens is 422 g/mol. The highest BCUT2D eigenvalue weighted by molar-refractivity contribution is 6.39. The number of ether oxygens (including phenoxy) is 2. The second-order valence-electron chi connectivity index (χ2n) is 7.08. The van der Waals surface area contributed by atoms with E-state index in [1.807, 2.05) is 19.1 Å². The lowest BCUT2D eigenvalue weighted by Gasteiger charge is -2.11. The van der Waals surface area contributed by atoms with Crippen molar-refractivity contribution in [2.24, 2.45) is 5.10 Å². The zero-order valence-electron chi connectivity index (χ0n) is 18.4. The summed E-state index contributed by atoms with van der Waals surface area (Å²) in [5, 5.41) is 6.48. The number of anilines is 1. The Morgan fingerprint density at radius 2 is 1.52 bits per heavy atom. The summed E-state index contributed by atoms with van der Waals surface area (Å²) in [6, 6.07) is 20.5. The average Bonchev–Trinajstić information content (AvgIpc) is 2.84. The van der Waals surface area contributed by atoms with Gasteiger partial charge < -0.3 is 14.8 Å². The molecular formula is C25H23N3O5. The molecule has 8 nitrogen and oxygen atoms in total. The van der Waals surface area contributed by atoms with Gasteiger partial charge in [0.2, 0.25) is 0 Å². The van der Waals surface area contributed by atoms with Crippen LogP contribution in [0.2, 0.25) is 0 Å². The normalized spacial score (nSPS) is 10.8. The van der Waals surface area contributed by atoms with Gasteiger partial charge in [-0.1, -0.05) is 35.9 Å². The molecule has 0 spiro atoms. The Morgan fingerprint density at radius 1 is 0.818 bits per heavy atom. The van der Waals surface area contributed by atoms with Gasteiger partial charge in [0.1, 0.15) is 0 Å². The molecule has 0 saturated heterocycles. The summed E-state index contributed by atoms with van der Waals surface area (Å²) < 4.78 is 10.8. The number of hydrogen-bond acceptors (Lipinski definition) is 6. The first kappa shape index (κ1) is 23.2. The third-order valence-electron chi connectivity index (χ3n) is 4.63. The van der Waals surface area contributed by atoms with E-state index in [-0.39, 0.29) is 5.75 Å². The van der Waals surface area contributed by atoms with E-state index in [9.17, 15) is 14.4 Å². The molecule has 3 rings (SSSR count). The number of nitrogens with one attached hydrogen (secondary N) is 2. The van der Waals surface area contributed by atoms with Crippen LogP contribution >= 0.6 is 0 Å². The molecule has 2 amide bonds.